The summed E-state index contributed by atoms with van der Waals surface area (Å²) in [6.07, 6.45) is 2.68. The predicted octanol–water partition coefficient (Wildman–Crippen LogP) is 2.97. The summed E-state index contributed by atoms with van der Waals surface area (Å²) in [5, 5.41) is 10.2. The minimum atomic E-state index is 0.515. The van der Waals surface area contributed by atoms with Crippen LogP contribution in [0.15, 0.2) is 6.07 Å². The molecule has 0 radical (unpaired) electrons. The number of carbonyl (C=O) groups excluding carboxylic acids is 1. The van der Waals surface area contributed by atoms with Gasteiger partial charge in [0.2, 0.25) is 0 Å². The fourth-order valence-electron chi connectivity index (χ4n) is 1.65. The number of nitrogens with one attached hydrogen (secondary N) is 2. The number of aldehydes is 1. The van der Waals surface area contributed by atoms with Crippen LogP contribution in [0, 0.1) is 5.41 Å². The summed E-state index contributed by atoms with van der Waals surface area (Å²) in [7, 11) is 4.99. The molecule has 5 nitrogen and oxygen atoms in total. The second-order valence-corrected chi connectivity index (χ2v) is 3.59. The Kier molecular flexibility index (Phi) is 12.4. The summed E-state index contributed by atoms with van der Waals surface area (Å²) in [4.78, 5) is 10.9. The van der Waals surface area contributed by atoms with Crippen LogP contribution >= 0.6 is 0 Å². The lowest BCUT2D eigenvalue weighted by molar-refractivity contribution is 0.112. The molecular formula is C15H27N3O2. The van der Waals surface area contributed by atoms with E-state index in [9.17, 15) is 4.79 Å². The van der Waals surface area contributed by atoms with Crippen LogP contribution in [0.25, 0.3) is 0 Å². The predicted molar refractivity (Wildman–Crippen MR) is 87.3 cm³/mol. The summed E-state index contributed by atoms with van der Waals surface area (Å²) in [6, 6.07) is 1.72. The summed E-state index contributed by atoms with van der Waals surface area (Å²) < 4.78 is 4.25. The fourth-order valence-corrected chi connectivity index (χ4v) is 1.65. The van der Waals surface area contributed by atoms with Crippen molar-refractivity contribution >= 4 is 23.9 Å². The van der Waals surface area contributed by atoms with Gasteiger partial charge in [0.05, 0.1) is 0 Å². The van der Waals surface area contributed by atoms with E-state index in [1.54, 1.807) is 27.3 Å². The topological polar surface area (TPSA) is 88.2 Å². The smallest absolute Gasteiger partial charge is 0.150 e. The van der Waals surface area contributed by atoms with E-state index in [2.05, 4.69) is 10.1 Å². The molecule has 114 valence electrons. The normalized spacial score (nSPS) is 8.50. The number of anilines is 2. The Balaban J connectivity index is 0. The Hall–Kier alpha value is -1.88. The SMILES string of the molecule is CC.CCc1c(C=O)cc(NC)c(C=N)c1N.COC. The van der Waals surface area contributed by atoms with Crippen molar-refractivity contribution in [3.63, 3.8) is 0 Å². The standard InChI is InChI=1S/C11H15N3O.C2H6O.C2H6/c1-3-8-7(6-15)4-10(14-2)9(5-12)11(8)13;1-3-2;1-2/h4-6,12,14H,3,13H2,1-2H3;1-2H3;1-2H3. The second-order valence-electron chi connectivity index (χ2n) is 3.59. The number of nitrogen functional groups attached to an aromatic ring is 1. The first kappa shape index (κ1) is 20.4. The van der Waals surface area contributed by atoms with Gasteiger partial charge in [-0.15, -0.1) is 0 Å². The number of carbonyl (C=O) groups is 1. The van der Waals surface area contributed by atoms with Crippen LogP contribution in [-0.2, 0) is 11.2 Å². The van der Waals surface area contributed by atoms with Crippen LogP contribution in [-0.4, -0.2) is 33.8 Å². The number of benzene rings is 1. The Labute approximate surface area is 122 Å². The summed E-state index contributed by atoms with van der Waals surface area (Å²) >= 11 is 0. The second kappa shape index (κ2) is 12.2. The van der Waals surface area contributed by atoms with E-state index < -0.39 is 0 Å². The van der Waals surface area contributed by atoms with Gasteiger partial charge in [0.15, 0.2) is 0 Å². The van der Waals surface area contributed by atoms with Crippen molar-refractivity contribution < 1.29 is 9.53 Å². The molecule has 0 saturated heterocycles. The molecule has 0 aliphatic heterocycles. The fraction of sp³-hybridized carbons (Fsp3) is 0.467. The van der Waals surface area contributed by atoms with E-state index in [-0.39, 0.29) is 0 Å². The largest absolute Gasteiger partial charge is 0.398 e. The molecule has 0 aliphatic rings. The minimum Gasteiger partial charge on any atom is -0.398 e. The highest BCUT2D eigenvalue weighted by Crippen LogP contribution is 2.27. The molecule has 20 heavy (non-hydrogen) atoms. The van der Waals surface area contributed by atoms with Gasteiger partial charge in [-0.2, -0.15) is 0 Å². The molecule has 0 fully saturated rings. The zero-order valence-corrected chi connectivity index (χ0v) is 13.3. The van der Waals surface area contributed by atoms with Gasteiger partial charge in [-0.3, -0.25) is 4.79 Å². The lowest BCUT2D eigenvalue weighted by Gasteiger charge is -2.14. The van der Waals surface area contributed by atoms with E-state index in [0.29, 0.717) is 28.9 Å². The molecule has 0 amide bonds. The third-order valence-corrected chi connectivity index (χ3v) is 2.45. The Morgan fingerprint density at radius 2 is 1.90 bits per heavy atom. The van der Waals surface area contributed by atoms with Gasteiger partial charge >= 0.3 is 0 Å². The molecule has 0 saturated carbocycles. The van der Waals surface area contributed by atoms with Crippen LogP contribution < -0.4 is 11.1 Å². The number of hydrogen-bond acceptors (Lipinski definition) is 5. The van der Waals surface area contributed by atoms with E-state index >= 15 is 0 Å². The number of nitrogens with two attached hydrogens (primary N) is 1. The summed E-state index contributed by atoms with van der Waals surface area (Å²) in [6.45, 7) is 5.94. The van der Waals surface area contributed by atoms with Gasteiger partial charge in [0.25, 0.3) is 0 Å². The molecule has 0 atom stereocenters. The van der Waals surface area contributed by atoms with Crippen LogP contribution in [0.1, 0.15) is 42.3 Å². The third kappa shape index (κ3) is 5.40. The van der Waals surface area contributed by atoms with Crippen molar-refractivity contribution in [2.75, 3.05) is 32.3 Å². The number of hydrogen-bond donors (Lipinski definition) is 3. The molecular weight excluding hydrogens is 254 g/mol. The molecule has 0 unspecified atom stereocenters. The minimum absolute atomic E-state index is 0.515. The molecule has 1 aromatic rings. The molecule has 0 spiro atoms. The summed E-state index contributed by atoms with van der Waals surface area (Å²) in [5.41, 5.74) is 9.17. The maximum absolute atomic E-state index is 10.9. The van der Waals surface area contributed by atoms with Crippen LogP contribution in [0.2, 0.25) is 0 Å². The van der Waals surface area contributed by atoms with Crippen molar-refractivity contribution in [3.05, 3.63) is 22.8 Å². The van der Waals surface area contributed by atoms with E-state index in [1.807, 2.05) is 20.8 Å². The first-order valence-corrected chi connectivity index (χ1v) is 6.59. The Morgan fingerprint density at radius 3 is 2.20 bits per heavy atom. The van der Waals surface area contributed by atoms with E-state index in [4.69, 9.17) is 11.1 Å². The van der Waals surface area contributed by atoms with Crippen molar-refractivity contribution in [2.45, 2.75) is 27.2 Å². The Morgan fingerprint density at radius 1 is 1.40 bits per heavy atom. The van der Waals surface area contributed by atoms with Crippen molar-refractivity contribution in [3.8, 4) is 0 Å². The van der Waals surface area contributed by atoms with Crippen molar-refractivity contribution in [2.24, 2.45) is 0 Å². The van der Waals surface area contributed by atoms with Gasteiger partial charge in [-0.1, -0.05) is 20.8 Å². The highest BCUT2D eigenvalue weighted by molar-refractivity contribution is 5.97. The number of ether oxygens (including phenoxy) is 1. The van der Waals surface area contributed by atoms with Crippen LogP contribution in [0.5, 0.6) is 0 Å². The van der Waals surface area contributed by atoms with E-state index in [0.717, 1.165) is 11.8 Å². The van der Waals surface area contributed by atoms with Crippen LogP contribution in [0.3, 0.4) is 0 Å². The monoisotopic (exact) mass is 281 g/mol. The maximum atomic E-state index is 10.9. The third-order valence-electron chi connectivity index (χ3n) is 2.45. The summed E-state index contributed by atoms with van der Waals surface area (Å²) in [5.74, 6) is 0. The molecule has 0 bridgehead atoms. The average Bonchev–Trinajstić information content (AvgIpc) is 2.48. The molecule has 0 aromatic heterocycles. The van der Waals surface area contributed by atoms with Gasteiger partial charge in [0.1, 0.15) is 6.29 Å². The molecule has 0 heterocycles. The lowest BCUT2D eigenvalue weighted by atomic mass is 9.98. The molecule has 4 N–H and O–H groups in total. The average molecular weight is 281 g/mol. The van der Waals surface area contributed by atoms with Gasteiger partial charge < -0.3 is 21.2 Å². The Bertz CT molecular complexity index is 418. The van der Waals surface area contributed by atoms with Crippen molar-refractivity contribution in [1.82, 2.24) is 0 Å². The van der Waals surface area contributed by atoms with Crippen LogP contribution in [0.4, 0.5) is 11.4 Å². The first-order chi connectivity index (χ1) is 9.60. The molecule has 5 heteroatoms. The van der Waals surface area contributed by atoms with Crippen molar-refractivity contribution in [1.29, 1.82) is 5.41 Å². The maximum Gasteiger partial charge on any atom is 0.150 e. The quantitative estimate of drug-likeness (QED) is 0.450. The molecule has 1 aromatic carbocycles. The van der Waals surface area contributed by atoms with Gasteiger partial charge in [-0.05, 0) is 18.1 Å². The first-order valence-electron chi connectivity index (χ1n) is 6.59. The zero-order chi connectivity index (χ0) is 16.1. The molecule has 0 aliphatic carbocycles. The lowest BCUT2D eigenvalue weighted by Crippen LogP contribution is -2.06. The highest BCUT2D eigenvalue weighted by atomic mass is 16.4. The molecule has 1 rings (SSSR count). The van der Waals surface area contributed by atoms with E-state index in [1.165, 1.54) is 6.21 Å². The number of methoxy groups -OCH3 is 1. The number of rotatable bonds is 4. The highest BCUT2D eigenvalue weighted by Gasteiger charge is 2.12. The van der Waals surface area contributed by atoms with Gasteiger partial charge in [0, 0.05) is 50.0 Å². The zero-order valence-electron chi connectivity index (χ0n) is 13.3. The van der Waals surface area contributed by atoms with Gasteiger partial charge in [-0.25, -0.2) is 0 Å².